The lowest BCUT2D eigenvalue weighted by molar-refractivity contribution is -0.193. The molecule has 48 heavy (non-hydrogen) atoms. The summed E-state index contributed by atoms with van der Waals surface area (Å²) in [5.41, 5.74) is 0.312. The van der Waals surface area contributed by atoms with Crippen LogP contribution in [0.4, 0.5) is 0 Å². The number of ether oxygens (including phenoxy) is 1. The maximum absolute atomic E-state index is 14.2. The normalized spacial score (nSPS) is 41.6. The first kappa shape index (κ1) is 37.4. The Bertz CT molecular complexity index is 1160. The van der Waals surface area contributed by atoms with Gasteiger partial charge in [0.1, 0.15) is 12.1 Å². The molecule has 0 aromatic rings. The van der Waals surface area contributed by atoms with E-state index >= 15 is 0 Å². The fourth-order valence-electron chi connectivity index (χ4n) is 10.8. The summed E-state index contributed by atoms with van der Waals surface area (Å²) in [6, 6.07) is 1.76. The molecule has 4 N–H and O–H groups in total. The summed E-state index contributed by atoms with van der Waals surface area (Å²) in [5.74, 6) is 1.44. The first-order valence-corrected chi connectivity index (χ1v) is 18.7. The van der Waals surface area contributed by atoms with Crippen molar-refractivity contribution in [3.05, 3.63) is 0 Å². The Kier molecular flexibility index (Phi) is 12.2. The molecule has 5 aliphatic carbocycles. The lowest BCUT2D eigenvalue weighted by atomic mass is 9.45. The predicted molar refractivity (Wildman–Crippen MR) is 182 cm³/mol. The van der Waals surface area contributed by atoms with Gasteiger partial charge in [0.15, 0.2) is 0 Å². The SMILES string of the molecule is COC1C(CN2O[C@@H](CO)[C@@H]([C@H](C)O)[C@H]2C(=O)N[C@H]2CC3C[C@@H]([C@@H]2C)C3(C)C)CCCC1C1CC(C(=O)NCCC#N)CC(N(C)C)C1. The van der Waals surface area contributed by atoms with E-state index in [1.807, 2.05) is 0 Å². The molecule has 5 saturated carbocycles. The zero-order chi connectivity index (χ0) is 34.9. The molecule has 2 bridgehead atoms. The Morgan fingerprint density at radius 3 is 2.50 bits per heavy atom. The van der Waals surface area contributed by atoms with Crippen LogP contribution in [0.2, 0.25) is 0 Å². The molecule has 1 heterocycles. The van der Waals surface area contributed by atoms with Gasteiger partial charge in [-0.15, -0.1) is 0 Å². The average Bonchev–Trinajstić information content (AvgIpc) is 3.43. The van der Waals surface area contributed by atoms with Crippen molar-refractivity contribution >= 4 is 11.8 Å². The van der Waals surface area contributed by atoms with Crippen LogP contribution in [-0.2, 0) is 19.2 Å². The Hall–Kier alpha value is -1.81. The fourth-order valence-corrected chi connectivity index (χ4v) is 10.8. The van der Waals surface area contributed by atoms with Gasteiger partial charge in [-0.1, -0.05) is 27.2 Å². The molecule has 0 radical (unpaired) electrons. The van der Waals surface area contributed by atoms with Crippen LogP contribution in [-0.4, -0.2) is 109 Å². The van der Waals surface area contributed by atoms with Crippen LogP contribution in [0.5, 0.6) is 0 Å². The number of methoxy groups -OCH3 is 1. The Balaban J connectivity index is 1.31. The third-order valence-electron chi connectivity index (χ3n) is 13.7. The molecule has 0 aromatic carbocycles. The molecule has 7 unspecified atom stereocenters. The van der Waals surface area contributed by atoms with E-state index in [-0.39, 0.29) is 54.4 Å². The minimum Gasteiger partial charge on any atom is -0.394 e. The van der Waals surface area contributed by atoms with Crippen LogP contribution in [0.1, 0.15) is 85.5 Å². The first-order valence-electron chi connectivity index (χ1n) is 18.7. The Morgan fingerprint density at radius 2 is 1.90 bits per heavy atom. The number of fused-ring (bicyclic) bond motifs is 2. The topological polar surface area (TPSA) is 147 Å². The van der Waals surface area contributed by atoms with Crippen molar-refractivity contribution in [2.24, 2.45) is 52.8 Å². The quantitative estimate of drug-likeness (QED) is 0.230. The monoisotopic (exact) mass is 673 g/mol. The van der Waals surface area contributed by atoms with Crippen molar-refractivity contribution in [2.75, 3.05) is 40.9 Å². The summed E-state index contributed by atoms with van der Waals surface area (Å²) in [7, 11) is 5.94. The molecule has 6 aliphatic rings. The standard InChI is InChI=1S/C37H63N5O6/c1-21-29-17-26(37(29,3)4)18-30(21)40-36(46)33-32(22(2)44)31(20-43)48-42(33)19-23-10-8-11-28(34(23)47-7)24-14-25(16-27(15-24)41(5)6)35(45)39-13-9-12-38/h21-34,43-44H,8-11,13-20H2,1-7H3,(H,39,45)(H,40,46)/t21-,22-,23?,24?,25?,26?,27?,28?,29-,30-,31-,32+,33-,34?/m0/s1. The van der Waals surface area contributed by atoms with Gasteiger partial charge in [0.2, 0.25) is 11.8 Å². The number of amides is 2. The van der Waals surface area contributed by atoms with Gasteiger partial charge in [-0.05, 0) is 101 Å². The molecular weight excluding hydrogens is 610 g/mol. The molecule has 272 valence electrons. The number of nitrogens with zero attached hydrogens (tertiary/aromatic N) is 3. The number of carbonyl (C=O) groups is 2. The maximum atomic E-state index is 14.2. The van der Waals surface area contributed by atoms with Crippen LogP contribution < -0.4 is 10.6 Å². The minimum atomic E-state index is -0.835. The first-order chi connectivity index (χ1) is 22.8. The van der Waals surface area contributed by atoms with Crippen molar-refractivity contribution in [3.8, 4) is 6.07 Å². The summed E-state index contributed by atoms with van der Waals surface area (Å²) in [5, 5.41) is 38.3. The zero-order valence-corrected chi connectivity index (χ0v) is 30.4. The van der Waals surface area contributed by atoms with Gasteiger partial charge in [0, 0.05) is 50.0 Å². The van der Waals surface area contributed by atoms with Gasteiger partial charge in [-0.3, -0.25) is 14.4 Å². The van der Waals surface area contributed by atoms with Crippen molar-refractivity contribution < 1.29 is 29.4 Å². The summed E-state index contributed by atoms with van der Waals surface area (Å²) in [4.78, 5) is 36.0. The second-order valence-corrected chi connectivity index (χ2v) is 16.8. The third-order valence-corrected chi connectivity index (χ3v) is 13.7. The average molecular weight is 674 g/mol. The largest absolute Gasteiger partial charge is 0.394 e. The highest BCUT2D eigenvalue weighted by Crippen LogP contribution is 2.61. The van der Waals surface area contributed by atoms with E-state index in [4.69, 9.17) is 14.8 Å². The van der Waals surface area contributed by atoms with Crippen LogP contribution in [0.15, 0.2) is 0 Å². The van der Waals surface area contributed by atoms with Crippen molar-refractivity contribution in [1.29, 1.82) is 5.26 Å². The van der Waals surface area contributed by atoms with Gasteiger partial charge in [0.05, 0.1) is 31.3 Å². The number of aliphatic hydroxyl groups is 2. The molecule has 14 atom stereocenters. The highest BCUT2D eigenvalue weighted by molar-refractivity contribution is 5.83. The van der Waals surface area contributed by atoms with E-state index in [9.17, 15) is 19.8 Å². The number of hydrogen-bond donors (Lipinski definition) is 4. The predicted octanol–water partition coefficient (Wildman–Crippen LogP) is 2.95. The molecule has 0 spiro atoms. The number of hydrogen-bond acceptors (Lipinski definition) is 9. The van der Waals surface area contributed by atoms with E-state index in [1.54, 1.807) is 19.1 Å². The lowest BCUT2D eigenvalue weighted by Gasteiger charge is -2.62. The third kappa shape index (κ3) is 7.45. The van der Waals surface area contributed by atoms with Crippen LogP contribution in [0.25, 0.3) is 0 Å². The molecule has 6 rings (SSSR count). The number of rotatable bonds is 12. The van der Waals surface area contributed by atoms with Crippen LogP contribution in [0.3, 0.4) is 0 Å². The van der Waals surface area contributed by atoms with Gasteiger partial charge in [0.25, 0.3) is 0 Å². The van der Waals surface area contributed by atoms with E-state index in [2.05, 4.69) is 56.5 Å². The van der Waals surface area contributed by atoms with Gasteiger partial charge in [-0.2, -0.15) is 10.3 Å². The Labute approximate surface area is 288 Å². The minimum absolute atomic E-state index is 0.0369. The number of carbonyl (C=O) groups excluding carboxylic acids is 2. The van der Waals surface area contributed by atoms with E-state index in [0.29, 0.717) is 48.6 Å². The zero-order valence-electron chi connectivity index (χ0n) is 30.4. The number of nitrogens with one attached hydrogen (secondary N) is 2. The van der Waals surface area contributed by atoms with Crippen molar-refractivity contribution in [3.63, 3.8) is 0 Å². The highest BCUT2D eigenvalue weighted by Gasteiger charge is 2.58. The Morgan fingerprint density at radius 1 is 1.15 bits per heavy atom. The van der Waals surface area contributed by atoms with Crippen molar-refractivity contribution in [1.82, 2.24) is 20.6 Å². The van der Waals surface area contributed by atoms with Gasteiger partial charge < -0.3 is 30.5 Å². The van der Waals surface area contributed by atoms with Crippen LogP contribution in [0, 0.1) is 64.1 Å². The summed E-state index contributed by atoms with van der Waals surface area (Å²) >= 11 is 0. The molecule has 2 amide bonds. The van der Waals surface area contributed by atoms with Crippen molar-refractivity contribution in [2.45, 2.75) is 122 Å². The smallest absolute Gasteiger partial charge is 0.240 e. The van der Waals surface area contributed by atoms with E-state index in [1.165, 1.54) is 6.42 Å². The van der Waals surface area contributed by atoms with E-state index < -0.39 is 24.2 Å². The van der Waals surface area contributed by atoms with Crippen LogP contribution >= 0.6 is 0 Å². The fraction of sp³-hybridized carbons (Fsp3) is 0.919. The van der Waals surface area contributed by atoms with Gasteiger partial charge in [-0.25, -0.2) is 0 Å². The number of hydroxylamine groups is 2. The number of nitriles is 1. The summed E-state index contributed by atoms with van der Waals surface area (Å²) in [6.45, 7) is 9.22. The number of aliphatic hydroxyl groups excluding tert-OH is 2. The molecule has 6 fully saturated rings. The van der Waals surface area contributed by atoms with Gasteiger partial charge >= 0.3 is 0 Å². The highest BCUT2D eigenvalue weighted by atomic mass is 16.7. The second kappa shape index (κ2) is 15.6. The molecule has 1 saturated heterocycles. The molecular formula is C37H63N5O6. The molecule has 0 aromatic heterocycles. The molecule has 11 nitrogen and oxygen atoms in total. The summed E-state index contributed by atoms with van der Waals surface area (Å²) < 4.78 is 6.31. The lowest BCUT2D eigenvalue weighted by Crippen LogP contribution is -2.62. The molecule has 11 heteroatoms. The second-order valence-electron chi connectivity index (χ2n) is 16.8. The van der Waals surface area contributed by atoms with E-state index in [0.717, 1.165) is 44.9 Å². The molecule has 1 aliphatic heterocycles. The summed E-state index contributed by atoms with van der Waals surface area (Å²) in [6.07, 6.45) is 6.46. The maximum Gasteiger partial charge on any atom is 0.240 e.